The number of phenols is 1. The number of carbonyl (C=O) groups is 1. The van der Waals surface area contributed by atoms with Gasteiger partial charge >= 0.3 is 0 Å². The van der Waals surface area contributed by atoms with Gasteiger partial charge in [0.25, 0.3) is 0 Å². The van der Waals surface area contributed by atoms with Gasteiger partial charge < -0.3 is 15.7 Å². The van der Waals surface area contributed by atoms with Crippen LogP contribution in [0, 0.1) is 6.92 Å². The molecule has 3 N–H and O–H groups in total. The quantitative estimate of drug-likeness (QED) is 0.699. The van der Waals surface area contributed by atoms with E-state index < -0.39 is 0 Å². The molecule has 0 saturated carbocycles. The maximum atomic E-state index is 11.8. The lowest BCUT2D eigenvalue weighted by atomic mass is 10.1. The average molecular weight is 234 g/mol. The minimum absolute atomic E-state index is 0.0227. The number of hydrogen-bond donors (Lipinski definition) is 3. The summed E-state index contributed by atoms with van der Waals surface area (Å²) in [6.45, 7) is 2.82. The van der Waals surface area contributed by atoms with Crippen LogP contribution < -0.4 is 10.6 Å². The van der Waals surface area contributed by atoms with Crippen molar-refractivity contribution >= 4 is 11.6 Å². The van der Waals surface area contributed by atoms with Crippen LogP contribution in [0.5, 0.6) is 5.75 Å². The Morgan fingerprint density at radius 2 is 2.41 bits per heavy atom. The summed E-state index contributed by atoms with van der Waals surface area (Å²) in [6.07, 6.45) is 2.73. The summed E-state index contributed by atoms with van der Waals surface area (Å²) in [5.41, 5.74) is 1.50. The van der Waals surface area contributed by atoms with Crippen molar-refractivity contribution in [2.75, 3.05) is 11.9 Å². The summed E-state index contributed by atoms with van der Waals surface area (Å²) in [4.78, 5) is 11.8. The Balaban J connectivity index is 1.90. The topological polar surface area (TPSA) is 61.4 Å². The fraction of sp³-hybridized carbons (Fsp3) is 0.462. The molecule has 1 aliphatic rings. The fourth-order valence-corrected chi connectivity index (χ4v) is 2.10. The number of carbonyl (C=O) groups excluding carboxylic acids is 1. The van der Waals surface area contributed by atoms with Gasteiger partial charge in [0.1, 0.15) is 5.75 Å². The van der Waals surface area contributed by atoms with Gasteiger partial charge in [0, 0.05) is 18.2 Å². The number of anilines is 1. The van der Waals surface area contributed by atoms with Crippen molar-refractivity contribution in [2.45, 2.75) is 32.2 Å². The second-order valence-corrected chi connectivity index (χ2v) is 4.55. The number of nitrogens with one attached hydrogen (secondary N) is 2. The third-order valence-electron chi connectivity index (χ3n) is 3.07. The third kappa shape index (κ3) is 3.20. The molecule has 1 saturated heterocycles. The molecule has 1 unspecified atom stereocenters. The first-order valence-corrected chi connectivity index (χ1v) is 5.98. The summed E-state index contributed by atoms with van der Waals surface area (Å²) in [7, 11) is 0. The van der Waals surface area contributed by atoms with E-state index in [0.717, 1.165) is 30.6 Å². The Morgan fingerprint density at radius 1 is 1.59 bits per heavy atom. The lowest BCUT2D eigenvalue weighted by Crippen LogP contribution is -2.27. The molecule has 1 aliphatic heterocycles. The Hall–Kier alpha value is -1.55. The van der Waals surface area contributed by atoms with Crippen LogP contribution in [0.25, 0.3) is 0 Å². The smallest absolute Gasteiger partial charge is 0.225 e. The van der Waals surface area contributed by atoms with Crippen molar-refractivity contribution in [3.63, 3.8) is 0 Å². The second kappa shape index (κ2) is 5.19. The van der Waals surface area contributed by atoms with Gasteiger partial charge in [0.15, 0.2) is 0 Å². The Labute approximate surface area is 101 Å². The van der Waals surface area contributed by atoms with Crippen molar-refractivity contribution in [1.29, 1.82) is 0 Å². The van der Waals surface area contributed by atoms with Crippen molar-refractivity contribution in [1.82, 2.24) is 5.32 Å². The Bertz CT molecular complexity index is 412. The van der Waals surface area contributed by atoms with Gasteiger partial charge in [-0.15, -0.1) is 0 Å². The zero-order chi connectivity index (χ0) is 12.3. The van der Waals surface area contributed by atoms with Crippen LogP contribution in [0.4, 0.5) is 5.69 Å². The fourth-order valence-electron chi connectivity index (χ4n) is 2.10. The van der Waals surface area contributed by atoms with Crippen molar-refractivity contribution in [3.8, 4) is 5.75 Å². The molecule has 1 aromatic rings. The highest BCUT2D eigenvalue weighted by Crippen LogP contribution is 2.20. The SMILES string of the molecule is Cc1cc(NC(=O)CC2CCCN2)ccc1O. The molecule has 1 aromatic carbocycles. The van der Waals surface area contributed by atoms with Crippen LogP contribution in [0.3, 0.4) is 0 Å². The lowest BCUT2D eigenvalue weighted by molar-refractivity contribution is -0.116. The molecule has 4 nitrogen and oxygen atoms in total. The molecule has 17 heavy (non-hydrogen) atoms. The molecule has 0 aliphatic carbocycles. The van der Waals surface area contributed by atoms with E-state index in [1.807, 2.05) is 6.92 Å². The predicted octanol–water partition coefficient (Wildman–Crippen LogP) is 1.78. The molecule has 92 valence electrons. The zero-order valence-corrected chi connectivity index (χ0v) is 9.99. The third-order valence-corrected chi connectivity index (χ3v) is 3.07. The molecule has 0 bridgehead atoms. The van der Waals surface area contributed by atoms with Crippen molar-refractivity contribution in [2.24, 2.45) is 0 Å². The predicted molar refractivity (Wildman–Crippen MR) is 67.1 cm³/mol. The van der Waals surface area contributed by atoms with E-state index in [9.17, 15) is 9.90 Å². The molecule has 1 atom stereocenters. The molecular formula is C13H18N2O2. The first kappa shape index (κ1) is 11.9. The number of amides is 1. The monoisotopic (exact) mass is 234 g/mol. The average Bonchev–Trinajstić information content (AvgIpc) is 2.76. The van der Waals surface area contributed by atoms with E-state index in [0.29, 0.717) is 12.5 Å². The molecule has 1 heterocycles. The molecule has 0 spiro atoms. The standard InChI is InChI=1S/C13H18N2O2/c1-9-7-11(4-5-12(9)16)15-13(17)8-10-3-2-6-14-10/h4-5,7,10,14,16H,2-3,6,8H2,1H3,(H,15,17). The van der Waals surface area contributed by atoms with E-state index in [1.54, 1.807) is 18.2 Å². The molecule has 0 radical (unpaired) electrons. The normalized spacial score (nSPS) is 19.2. The molecular weight excluding hydrogens is 216 g/mol. The van der Waals surface area contributed by atoms with E-state index in [2.05, 4.69) is 10.6 Å². The highest BCUT2D eigenvalue weighted by atomic mass is 16.3. The number of aromatic hydroxyl groups is 1. The summed E-state index contributed by atoms with van der Waals surface area (Å²) in [6, 6.07) is 5.39. The van der Waals surface area contributed by atoms with Gasteiger partial charge in [0.2, 0.25) is 5.91 Å². The molecule has 1 amide bonds. The zero-order valence-electron chi connectivity index (χ0n) is 9.99. The van der Waals surface area contributed by atoms with E-state index >= 15 is 0 Å². The molecule has 1 fully saturated rings. The van der Waals surface area contributed by atoms with Gasteiger partial charge in [-0.1, -0.05) is 0 Å². The lowest BCUT2D eigenvalue weighted by Gasteiger charge is -2.11. The number of benzene rings is 1. The van der Waals surface area contributed by atoms with Gasteiger partial charge in [-0.3, -0.25) is 4.79 Å². The van der Waals surface area contributed by atoms with E-state index in [-0.39, 0.29) is 11.7 Å². The highest BCUT2D eigenvalue weighted by molar-refractivity contribution is 5.91. The molecule has 4 heteroatoms. The second-order valence-electron chi connectivity index (χ2n) is 4.55. The van der Waals surface area contributed by atoms with Crippen molar-refractivity contribution in [3.05, 3.63) is 23.8 Å². The van der Waals surface area contributed by atoms with Gasteiger partial charge in [-0.25, -0.2) is 0 Å². The largest absolute Gasteiger partial charge is 0.508 e. The van der Waals surface area contributed by atoms with Crippen LogP contribution in [0.2, 0.25) is 0 Å². The first-order chi connectivity index (χ1) is 8.15. The van der Waals surface area contributed by atoms with Crippen LogP contribution in [0.1, 0.15) is 24.8 Å². The summed E-state index contributed by atoms with van der Waals surface area (Å²) < 4.78 is 0. The number of aryl methyl sites for hydroxylation is 1. The highest BCUT2D eigenvalue weighted by Gasteiger charge is 2.17. The number of hydrogen-bond acceptors (Lipinski definition) is 3. The van der Waals surface area contributed by atoms with Crippen LogP contribution in [-0.4, -0.2) is 23.6 Å². The Morgan fingerprint density at radius 3 is 3.06 bits per heavy atom. The summed E-state index contributed by atoms with van der Waals surface area (Å²) in [5, 5.41) is 15.5. The van der Waals surface area contributed by atoms with Gasteiger partial charge in [-0.05, 0) is 50.1 Å². The van der Waals surface area contributed by atoms with Crippen LogP contribution in [0.15, 0.2) is 18.2 Å². The first-order valence-electron chi connectivity index (χ1n) is 5.98. The van der Waals surface area contributed by atoms with Gasteiger partial charge in [-0.2, -0.15) is 0 Å². The maximum absolute atomic E-state index is 11.8. The number of phenolic OH excluding ortho intramolecular Hbond substituents is 1. The van der Waals surface area contributed by atoms with E-state index in [1.165, 1.54) is 0 Å². The minimum atomic E-state index is 0.0227. The van der Waals surface area contributed by atoms with Crippen molar-refractivity contribution < 1.29 is 9.90 Å². The molecule has 2 rings (SSSR count). The van der Waals surface area contributed by atoms with Gasteiger partial charge in [0.05, 0.1) is 0 Å². The minimum Gasteiger partial charge on any atom is -0.508 e. The summed E-state index contributed by atoms with van der Waals surface area (Å²) >= 11 is 0. The summed E-state index contributed by atoms with van der Waals surface area (Å²) in [5.74, 6) is 0.273. The van der Waals surface area contributed by atoms with E-state index in [4.69, 9.17) is 0 Å². The maximum Gasteiger partial charge on any atom is 0.225 e. The number of rotatable bonds is 3. The Kier molecular flexibility index (Phi) is 3.64. The van der Waals surface area contributed by atoms with Crippen LogP contribution >= 0.6 is 0 Å². The van der Waals surface area contributed by atoms with Crippen LogP contribution in [-0.2, 0) is 4.79 Å². The molecule has 0 aromatic heterocycles.